The van der Waals surface area contributed by atoms with Gasteiger partial charge in [-0.05, 0) is 42.7 Å². The number of anilines is 1. The van der Waals surface area contributed by atoms with Crippen molar-refractivity contribution in [2.24, 2.45) is 5.73 Å². The van der Waals surface area contributed by atoms with E-state index in [4.69, 9.17) is 5.73 Å². The molecule has 0 saturated carbocycles. The molecule has 6 heteroatoms. The van der Waals surface area contributed by atoms with Gasteiger partial charge in [0.2, 0.25) is 5.91 Å². The molecule has 0 fully saturated rings. The Hall–Kier alpha value is -2.34. The highest BCUT2D eigenvalue weighted by molar-refractivity contribution is 9.10. The average Bonchev–Trinajstić information content (AvgIpc) is 2.50. The van der Waals surface area contributed by atoms with Crippen molar-refractivity contribution in [3.05, 3.63) is 63.6 Å². The molecule has 0 aliphatic carbocycles. The smallest absolute Gasteiger partial charge is 0.312 e. The lowest BCUT2D eigenvalue weighted by Crippen LogP contribution is -2.35. The Morgan fingerprint density at radius 1 is 1.12 bits per heavy atom. The van der Waals surface area contributed by atoms with Crippen LogP contribution >= 0.6 is 15.9 Å². The van der Waals surface area contributed by atoms with Crippen LogP contribution in [0.3, 0.4) is 0 Å². The Kier molecular flexibility index (Phi) is 5.98. The SMILES string of the molecule is Cc1ccc(Br)cc1NC(=O)CC(NC(N)=O)c1ccccc1C. The van der Waals surface area contributed by atoms with Crippen molar-refractivity contribution in [3.63, 3.8) is 0 Å². The maximum atomic E-state index is 12.4. The van der Waals surface area contributed by atoms with Crippen LogP contribution in [0.4, 0.5) is 10.5 Å². The number of urea groups is 1. The molecule has 0 radical (unpaired) electrons. The molecule has 4 N–H and O–H groups in total. The third-order valence-corrected chi connectivity index (χ3v) is 4.24. The molecule has 0 aliphatic heterocycles. The second-order valence-electron chi connectivity index (χ2n) is 5.63. The lowest BCUT2D eigenvalue weighted by molar-refractivity contribution is -0.116. The van der Waals surface area contributed by atoms with Crippen LogP contribution in [-0.2, 0) is 4.79 Å². The highest BCUT2D eigenvalue weighted by atomic mass is 79.9. The number of rotatable bonds is 5. The van der Waals surface area contributed by atoms with Crippen molar-refractivity contribution in [3.8, 4) is 0 Å². The number of hydrogen-bond acceptors (Lipinski definition) is 2. The monoisotopic (exact) mass is 389 g/mol. The minimum atomic E-state index is -0.658. The molecule has 0 aliphatic rings. The molecular weight excluding hydrogens is 370 g/mol. The van der Waals surface area contributed by atoms with E-state index in [1.54, 1.807) is 0 Å². The Labute approximate surface area is 149 Å². The molecule has 0 spiro atoms. The quantitative estimate of drug-likeness (QED) is 0.726. The van der Waals surface area contributed by atoms with Gasteiger partial charge in [-0.3, -0.25) is 4.79 Å². The van der Waals surface area contributed by atoms with Crippen LogP contribution in [-0.4, -0.2) is 11.9 Å². The molecule has 0 saturated heterocycles. The zero-order chi connectivity index (χ0) is 17.7. The summed E-state index contributed by atoms with van der Waals surface area (Å²) in [4.78, 5) is 23.7. The van der Waals surface area contributed by atoms with Crippen molar-refractivity contribution >= 4 is 33.6 Å². The molecule has 5 nitrogen and oxygen atoms in total. The van der Waals surface area contributed by atoms with Gasteiger partial charge in [0.15, 0.2) is 0 Å². The number of hydrogen-bond donors (Lipinski definition) is 3. The van der Waals surface area contributed by atoms with E-state index >= 15 is 0 Å². The minimum Gasteiger partial charge on any atom is -0.352 e. The number of amides is 3. The van der Waals surface area contributed by atoms with E-state index in [-0.39, 0.29) is 12.3 Å². The van der Waals surface area contributed by atoms with Crippen LogP contribution in [0.2, 0.25) is 0 Å². The first-order valence-corrected chi connectivity index (χ1v) is 8.33. The van der Waals surface area contributed by atoms with Gasteiger partial charge in [0.1, 0.15) is 0 Å². The Bertz CT molecular complexity index is 762. The lowest BCUT2D eigenvalue weighted by Gasteiger charge is -2.20. The summed E-state index contributed by atoms with van der Waals surface area (Å²) in [5, 5.41) is 5.53. The van der Waals surface area contributed by atoms with E-state index in [2.05, 4.69) is 26.6 Å². The molecule has 0 heterocycles. The molecule has 1 unspecified atom stereocenters. The van der Waals surface area contributed by atoms with E-state index in [1.807, 2.05) is 56.3 Å². The molecule has 126 valence electrons. The van der Waals surface area contributed by atoms with Gasteiger partial charge in [-0.25, -0.2) is 4.79 Å². The summed E-state index contributed by atoms with van der Waals surface area (Å²) >= 11 is 3.39. The molecular formula is C18H20BrN3O2. The third kappa shape index (κ3) is 4.83. The van der Waals surface area contributed by atoms with Crippen molar-refractivity contribution < 1.29 is 9.59 Å². The van der Waals surface area contributed by atoms with E-state index < -0.39 is 12.1 Å². The molecule has 0 bridgehead atoms. The summed E-state index contributed by atoms with van der Waals surface area (Å²) in [6.07, 6.45) is 0.0970. The van der Waals surface area contributed by atoms with Gasteiger partial charge in [0.05, 0.1) is 12.5 Å². The van der Waals surface area contributed by atoms with Crippen LogP contribution in [0.25, 0.3) is 0 Å². The van der Waals surface area contributed by atoms with E-state index in [0.29, 0.717) is 0 Å². The van der Waals surface area contributed by atoms with Gasteiger partial charge in [-0.15, -0.1) is 0 Å². The van der Waals surface area contributed by atoms with Crippen LogP contribution < -0.4 is 16.4 Å². The second kappa shape index (κ2) is 7.97. The zero-order valence-electron chi connectivity index (χ0n) is 13.6. The number of nitrogens with one attached hydrogen (secondary N) is 2. The molecule has 24 heavy (non-hydrogen) atoms. The highest BCUT2D eigenvalue weighted by Gasteiger charge is 2.19. The largest absolute Gasteiger partial charge is 0.352 e. The topological polar surface area (TPSA) is 84.2 Å². The number of benzene rings is 2. The predicted molar refractivity (Wildman–Crippen MR) is 98.8 cm³/mol. The zero-order valence-corrected chi connectivity index (χ0v) is 15.2. The lowest BCUT2D eigenvalue weighted by atomic mass is 9.98. The number of carbonyl (C=O) groups excluding carboxylic acids is 2. The number of halogens is 1. The fourth-order valence-corrected chi connectivity index (χ4v) is 2.86. The van der Waals surface area contributed by atoms with E-state index in [9.17, 15) is 9.59 Å². The first kappa shape index (κ1) is 18.0. The number of nitrogens with two attached hydrogens (primary N) is 1. The molecule has 0 aromatic heterocycles. The normalized spacial score (nSPS) is 11.6. The summed E-state index contributed by atoms with van der Waals surface area (Å²) in [7, 11) is 0. The number of aryl methyl sites for hydroxylation is 2. The maximum Gasteiger partial charge on any atom is 0.312 e. The van der Waals surface area contributed by atoms with Gasteiger partial charge >= 0.3 is 6.03 Å². The Balaban J connectivity index is 2.17. The molecule has 2 aromatic carbocycles. The van der Waals surface area contributed by atoms with Crippen LogP contribution in [0, 0.1) is 13.8 Å². The first-order chi connectivity index (χ1) is 11.4. The predicted octanol–water partition coefficient (Wildman–Crippen LogP) is 3.80. The van der Waals surface area contributed by atoms with Crippen molar-refractivity contribution in [2.45, 2.75) is 26.3 Å². The van der Waals surface area contributed by atoms with Gasteiger partial charge in [-0.2, -0.15) is 0 Å². The maximum absolute atomic E-state index is 12.4. The van der Waals surface area contributed by atoms with Gasteiger partial charge < -0.3 is 16.4 Å². The van der Waals surface area contributed by atoms with Crippen LogP contribution in [0.5, 0.6) is 0 Å². The highest BCUT2D eigenvalue weighted by Crippen LogP contribution is 2.24. The van der Waals surface area contributed by atoms with Crippen molar-refractivity contribution in [1.29, 1.82) is 0 Å². The third-order valence-electron chi connectivity index (χ3n) is 3.74. The van der Waals surface area contributed by atoms with Gasteiger partial charge in [-0.1, -0.05) is 46.3 Å². The summed E-state index contributed by atoms with van der Waals surface area (Å²) in [6.45, 7) is 3.85. The number of primary amides is 1. The van der Waals surface area contributed by atoms with Gasteiger partial charge in [0.25, 0.3) is 0 Å². The average molecular weight is 390 g/mol. The summed E-state index contributed by atoms with van der Waals surface area (Å²) < 4.78 is 0.883. The Morgan fingerprint density at radius 2 is 1.83 bits per heavy atom. The van der Waals surface area contributed by atoms with E-state index in [0.717, 1.165) is 26.9 Å². The minimum absolute atomic E-state index is 0.0970. The standard InChI is InChI=1S/C18H20BrN3O2/c1-11-5-3-4-6-14(11)16(22-18(20)24)10-17(23)21-15-9-13(19)8-7-12(15)2/h3-9,16H,10H2,1-2H3,(H,21,23)(H3,20,22,24). The molecule has 2 rings (SSSR count). The summed E-state index contributed by atoms with van der Waals surface area (Å²) in [5.74, 6) is -0.196. The summed E-state index contributed by atoms with van der Waals surface area (Å²) in [6, 6.07) is 12.1. The molecule has 3 amide bonds. The molecule has 1 atom stereocenters. The Morgan fingerprint density at radius 3 is 2.50 bits per heavy atom. The van der Waals surface area contributed by atoms with Crippen LogP contribution in [0.1, 0.15) is 29.2 Å². The fraction of sp³-hybridized carbons (Fsp3) is 0.222. The fourth-order valence-electron chi connectivity index (χ4n) is 2.50. The van der Waals surface area contributed by atoms with Crippen LogP contribution in [0.15, 0.2) is 46.9 Å². The van der Waals surface area contributed by atoms with Crippen molar-refractivity contribution in [1.82, 2.24) is 5.32 Å². The first-order valence-electron chi connectivity index (χ1n) is 7.54. The van der Waals surface area contributed by atoms with Crippen molar-refractivity contribution in [2.75, 3.05) is 5.32 Å². The molecule has 2 aromatic rings. The summed E-state index contributed by atoms with van der Waals surface area (Å²) in [5.41, 5.74) is 8.82. The second-order valence-corrected chi connectivity index (χ2v) is 6.54. The number of carbonyl (C=O) groups is 2. The van der Waals surface area contributed by atoms with Gasteiger partial charge in [0, 0.05) is 10.2 Å². The van der Waals surface area contributed by atoms with E-state index in [1.165, 1.54) is 0 Å².